The summed E-state index contributed by atoms with van der Waals surface area (Å²) < 4.78 is 5.96. The summed E-state index contributed by atoms with van der Waals surface area (Å²) in [5, 5.41) is 3.95. The van der Waals surface area contributed by atoms with Crippen LogP contribution in [0, 0.1) is 0 Å². The van der Waals surface area contributed by atoms with Crippen LogP contribution in [0.25, 0.3) is 5.82 Å². The molecule has 0 spiro atoms. The number of methoxy groups -OCH3 is 1. The number of aromatic nitrogens is 4. The monoisotopic (exact) mass is 219 g/mol. The molecule has 7 heteroatoms. The largest absolute Gasteiger partial charge is 0.464 e. The number of nitrogens with zero attached hydrogens (tertiary/aromatic N) is 4. The van der Waals surface area contributed by atoms with Crippen molar-refractivity contribution >= 4 is 11.8 Å². The van der Waals surface area contributed by atoms with Crippen molar-refractivity contribution in [1.29, 1.82) is 0 Å². The predicted molar refractivity (Wildman–Crippen MR) is 54.9 cm³/mol. The van der Waals surface area contributed by atoms with Crippen molar-refractivity contribution in [2.24, 2.45) is 0 Å². The molecule has 0 aliphatic carbocycles. The van der Waals surface area contributed by atoms with E-state index in [0.717, 1.165) is 0 Å². The topological polar surface area (TPSA) is 95.9 Å². The fourth-order valence-electron chi connectivity index (χ4n) is 1.13. The Morgan fingerprint density at radius 3 is 2.94 bits per heavy atom. The third-order valence-corrected chi connectivity index (χ3v) is 1.86. The van der Waals surface area contributed by atoms with Crippen LogP contribution in [0.1, 0.15) is 10.5 Å². The molecule has 16 heavy (non-hydrogen) atoms. The van der Waals surface area contributed by atoms with Gasteiger partial charge in [-0.3, -0.25) is 4.98 Å². The van der Waals surface area contributed by atoms with E-state index in [1.807, 2.05) is 0 Å². The zero-order valence-electron chi connectivity index (χ0n) is 8.49. The van der Waals surface area contributed by atoms with Crippen molar-refractivity contribution in [2.45, 2.75) is 0 Å². The molecular formula is C9H9N5O2. The minimum absolute atomic E-state index is 0.120. The Morgan fingerprint density at radius 2 is 2.31 bits per heavy atom. The van der Waals surface area contributed by atoms with E-state index in [0.29, 0.717) is 11.6 Å². The third-order valence-electron chi connectivity index (χ3n) is 1.86. The molecule has 2 N–H and O–H groups in total. The maximum atomic E-state index is 11.2. The summed E-state index contributed by atoms with van der Waals surface area (Å²) in [6, 6.07) is 1.62. The highest BCUT2D eigenvalue weighted by Crippen LogP contribution is 2.05. The van der Waals surface area contributed by atoms with Crippen molar-refractivity contribution < 1.29 is 9.53 Å². The first-order valence-electron chi connectivity index (χ1n) is 4.42. The summed E-state index contributed by atoms with van der Waals surface area (Å²) in [7, 11) is 1.28. The van der Waals surface area contributed by atoms with Gasteiger partial charge in [-0.05, 0) is 0 Å². The van der Waals surface area contributed by atoms with Gasteiger partial charge in [0, 0.05) is 12.3 Å². The Balaban J connectivity index is 2.39. The van der Waals surface area contributed by atoms with E-state index in [2.05, 4.69) is 19.8 Å². The van der Waals surface area contributed by atoms with Gasteiger partial charge in [-0.2, -0.15) is 0 Å². The van der Waals surface area contributed by atoms with Gasteiger partial charge in [0.25, 0.3) is 0 Å². The molecular weight excluding hydrogens is 210 g/mol. The summed E-state index contributed by atoms with van der Waals surface area (Å²) in [6.45, 7) is 0. The van der Waals surface area contributed by atoms with Crippen LogP contribution in [0.15, 0.2) is 24.7 Å². The van der Waals surface area contributed by atoms with Gasteiger partial charge in [0.1, 0.15) is 5.82 Å². The van der Waals surface area contributed by atoms with Crippen molar-refractivity contribution in [3.05, 3.63) is 30.4 Å². The second-order valence-electron chi connectivity index (χ2n) is 2.94. The van der Waals surface area contributed by atoms with E-state index in [1.54, 1.807) is 12.3 Å². The molecule has 7 nitrogen and oxygen atoms in total. The number of rotatable bonds is 2. The lowest BCUT2D eigenvalue weighted by Crippen LogP contribution is -2.08. The summed E-state index contributed by atoms with van der Waals surface area (Å²) in [6.07, 6.45) is 4.42. The molecule has 0 saturated carbocycles. The zero-order valence-corrected chi connectivity index (χ0v) is 8.49. The highest BCUT2D eigenvalue weighted by Gasteiger charge is 2.09. The van der Waals surface area contributed by atoms with Gasteiger partial charge in [-0.15, -0.1) is 5.10 Å². The molecule has 0 atom stereocenters. The molecule has 2 heterocycles. The molecule has 0 amide bonds. The average Bonchev–Trinajstić information content (AvgIpc) is 2.75. The number of nitrogen functional groups attached to an aromatic ring is 1. The number of anilines is 1. The van der Waals surface area contributed by atoms with Gasteiger partial charge in [0.15, 0.2) is 11.5 Å². The fourth-order valence-corrected chi connectivity index (χ4v) is 1.13. The first-order chi connectivity index (χ1) is 7.70. The molecule has 0 radical (unpaired) electrons. The Bertz CT molecular complexity index is 522. The number of nitrogens with two attached hydrogens (primary N) is 1. The lowest BCUT2D eigenvalue weighted by molar-refractivity contribution is 0.0593. The molecule has 0 fully saturated rings. The molecule has 82 valence electrons. The molecule has 0 aliphatic rings. The molecule has 0 bridgehead atoms. The number of hydrogen-bond acceptors (Lipinski definition) is 6. The van der Waals surface area contributed by atoms with Gasteiger partial charge in [-0.1, -0.05) is 0 Å². The maximum Gasteiger partial charge on any atom is 0.358 e. The summed E-state index contributed by atoms with van der Waals surface area (Å²) in [5.74, 6) is 0.222. The van der Waals surface area contributed by atoms with Crippen LogP contribution in [-0.4, -0.2) is 32.8 Å². The normalized spacial score (nSPS) is 10.1. The maximum absolute atomic E-state index is 11.2. The number of ether oxygens (including phenoxy) is 1. The van der Waals surface area contributed by atoms with Crippen molar-refractivity contribution in [3.63, 3.8) is 0 Å². The highest BCUT2D eigenvalue weighted by molar-refractivity contribution is 5.86. The first-order valence-corrected chi connectivity index (χ1v) is 4.42. The van der Waals surface area contributed by atoms with E-state index in [9.17, 15) is 4.79 Å². The van der Waals surface area contributed by atoms with Gasteiger partial charge >= 0.3 is 5.97 Å². The molecule has 0 unspecified atom stereocenters. The van der Waals surface area contributed by atoms with Gasteiger partial charge < -0.3 is 10.5 Å². The van der Waals surface area contributed by atoms with Crippen LogP contribution in [0.3, 0.4) is 0 Å². The van der Waals surface area contributed by atoms with E-state index >= 15 is 0 Å². The Hall–Kier alpha value is -2.44. The molecule has 0 aliphatic heterocycles. The average molecular weight is 219 g/mol. The van der Waals surface area contributed by atoms with Gasteiger partial charge in [-0.25, -0.2) is 14.5 Å². The van der Waals surface area contributed by atoms with E-state index in [1.165, 1.54) is 24.2 Å². The Kier molecular flexibility index (Phi) is 2.50. The number of carbonyl (C=O) groups is 1. The zero-order chi connectivity index (χ0) is 11.5. The van der Waals surface area contributed by atoms with E-state index < -0.39 is 5.97 Å². The van der Waals surface area contributed by atoms with Gasteiger partial charge in [0.05, 0.1) is 19.5 Å². The Labute approximate surface area is 90.9 Å². The number of esters is 1. The second-order valence-corrected chi connectivity index (χ2v) is 2.94. The van der Waals surface area contributed by atoms with Crippen molar-refractivity contribution in [2.75, 3.05) is 12.8 Å². The molecule has 0 saturated heterocycles. The SMILES string of the molecule is COC(=O)c1cncc(-n2ccc(N)n2)n1. The molecule has 0 aromatic carbocycles. The lowest BCUT2D eigenvalue weighted by atomic mass is 10.4. The van der Waals surface area contributed by atoms with Crippen molar-refractivity contribution in [3.8, 4) is 5.82 Å². The second kappa shape index (κ2) is 3.97. The van der Waals surface area contributed by atoms with Crippen LogP contribution in [0.2, 0.25) is 0 Å². The van der Waals surface area contributed by atoms with Gasteiger partial charge in [0.2, 0.25) is 0 Å². The lowest BCUT2D eigenvalue weighted by Gasteiger charge is -2.01. The summed E-state index contributed by atoms with van der Waals surface area (Å²) in [5.41, 5.74) is 5.59. The minimum Gasteiger partial charge on any atom is -0.464 e. The van der Waals surface area contributed by atoms with Crippen LogP contribution in [0.4, 0.5) is 5.82 Å². The smallest absolute Gasteiger partial charge is 0.358 e. The third kappa shape index (κ3) is 1.83. The van der Waals surface area contributed by atoms with Crippen LogP contribution < -0.4 is 5.73 Å². The quantitative estimate of drug-likeness (QED) is 0.716. The molecule has 2 aromatic heterocycles. The van der Waals surface area contributed by atoms with E-state index in [4.69, 9.17) is 5.73 Å². The number of carbonyl (C=O) groups excluding carboxylic acids is 1. The molecule has 2 rings (SSSR count). The molecule has 2 aromatic rings. The first kappa shape index (κ1) is 10.1. The predicted octanol–water partition coefficient (Wildman–Crippen LogP) is 0.0311. The minimum atomic E-state index is -0.547. The van der Waals surface area contributed by atoms with Crippen LogP contribution in [-0.2, 0) is 4.74 Å². The summed E-state index contributed by atoms with van der Waals surface area (Å²) in [4.78, 5) is 19.1. The standard InChI is InChI=1S/C9H9N5O2/c1-16-9(15)6-4-11-5-8(12-6)14-3-2-7(10)13-14/h2-5H,1H3,(H2,10,13). The highest BCUT2D eigenvalue weighted by atomic mass is 16.5. The van der Waals surface area contributed by atoms with Crippen LogP contribution >= 0.6 is 0 Å². The van der Waals surface area contributed by atoms with E-state index in [-0.39, 0.29) is 5.69 Å². The Morgan fingerprint density at radius 1 is 1.50 bits per heavy atom. The summed E-state index contributed by atoms with van der Waals surface area (Å²) >= 11 is 0. The number of hydrogen-bond donors (Lipinski definition) is 1. The fraction of sp³-hybridized carbons (Fsp3) is 0.111. The van der Waals surface area contributed by atoms with Crippen LogP contribution in [0.5, 0.6) is 0 Å². The van der Waals surface area contributed by atoms with Crippen molar-refractivity contribution in [1.82, 2.24) is 19.7 Å².